The molecule has 0 bridgehead atoms. The maximum Gasteiger partial charge on any atom is 0.127 e. The average Bonchev–Trinajstić information content (AvgIpc) is 3.31. The normalized spacial score (nSPS) is 26.6. The van der Waals surface area contributed by atoms with Crippen molar-refractivity contribution in [2.24, 2.45) is 11.8 Å². The summed E-state index contributed by atoms with van der Waals surface area (Å²) in [6, 6.07) is 12.0. The molecule has 6 nitrogen and oxygen atoms in total. The Morgan fingerprint density at radius 3 is 2.73 bits per heavy atom. The molecule has 0 amide bonds. The van der Waals surface area contributed by atoms with Crippen molar-refractivity contribution in [1.29, 1.82) is 0 Å². The molecule has 0 spiro atoms. The predicted octanol–water partition coefficient (Wildman–Crippen LogP) is 3.30. The first kappa shape index (κ1) is 19.4. The van der Waals surface area contributed by atoms with E-state index in [2.05, 4.69) is 26.5 Å². The van der Waals surface area contributed by atoms with Crippen molar-refractivity contribution in [2.75, 3.05) is 20.2 Å². The van der Waals surface area contributed by atoms with E-state index >= 15 is 0 Å². The maximum absolute atomic E-state index is 10.8. The fourth-order valence-electron chi connectivity index (χ4n) is 5.13. The number of aliphatic hydroxyl groups is 1. The molecule has 6 heteroatoms. The second kappa shape index (κ2) is 7.93. The summed E-state index contributed by atoms with van der Waals surface area (Å²) in [4.78, 5) is 7.10. The van der Waals surface area contributed by atoms with Gasteiger partial charge in [0, 0.05) is 25.4 Å². The number of imidazole rings is 1. The number of methoxy groups -OCH3 is 1. The molecule has 1 saturated carbocycles. The van der Waals surface area contributed by atoms with Gasteiger partial charge in [0.1, 0.15) is 23.4 Å². The van der Waals surface area contributed by atoms with E-state index in [4.69, 9.17) is 9.47 Å². The van der Waals surface area contributed by atoms with E-state index < -0.39 is 6.10 Å². The minimum Gasteiger partial charge on any atom is -0.497 e. The van der Waals surface area contributed by atoms with E-state index in [0.29, 0.717) is 11.8 Å². The molecule has 1 aliphatic heterocycles. The first-order valence-electron chi connectivity index (χ1n) is 10.7. The number of rotatable bonds is 5. The highest BCUT2D eigenvalue weighted by atomic mass is 16.5. The molecule has 0 radical (unpaired) electrons. The number of hydrogen-bond acceptors (Lipinski definition) is 5. The molecule has 158 valence electrons. The fraction of sp³-hybridized carbons (Fsp3) is 0.458. The van der Waals surface area contributed by atoms with Crippen LogP contribution < -0.4 is 9.47 Å². The number of hydrogen-bond donors (Lipinski definition) is 1. The molecule has 2 aromatic heterocycles. The molecule has 3 aromatic rings. The maximum atomic E-state index is 10.8. The minimum absolute atomic E-state index is 0.176. The Bertz CT molecular complexity index is 1030. The molecule has 1 N–H and O–H groups in total. The van der Waals surface area contributed by atoms with Gasteiger partial charge >= 0.3 is 0 Å². The second-order valence-electron chi connectivity index (χ2n) is 8.77. The van der Waals surface area contributed by atoms with E-state index in [1.807, 2.05) is 43.5 Å². The van der Waals surface area contributed by atoms with Crippen LogP contribution in [0.4, 0.5) is 0 Å². The number of nitrogens with zero attached hydrogens (tertiary/aromatic N) is 3. The number of aryl methyl sites for hydroxylation is 1. The number of benzene rings is 1. The number of aliphatic hydroxyl groups excluding tert-OH is 1. The standard InChI is InChI=1S/C24H29N3O3/c1-16-7-20(29-2)11-21(8-16)30-23-10-18-14-26(13-17(18)9-22(23)28)15-24-25-12-19-5-3-4-6-27(19)24/h3-8,11-12,17-18,22-23,28H,9-10,13-15H2,1-2H3/t17-,18+,22+,23+/m0/s1. The Morgan fingerprint density at radius 2 is 1.90 bits per heavy atom. The molecule has 30 heavy (non-hydrogen) atoms. The van der Waals surface area contributed by atoms with Crippen molar-refractivity contribution in [3.63, 3.8) is 0 Å². The highest BCUT2D eigenvalue weighted by Gasteiger charge is 2.42. The lowest BCUT2D eigenvalue weighted by atomic mass is 9.78. The summed E-state index contributed by atoms with van der Waals surface area (Å²) in [6.07, 6.45) is 5.06. The summed E-state index contributed by atoms with van der Waals surface area (Å²) in [5.74, 6) is 3.68. The van der Waals surface area contributed by atoms with Crippen molar-refractivity contribution in [2.45, 2.75) is 38.5 Å². The number of pyridine rings is 1. The second-order valence-corrected chi connectivity index (χ2v) is 8.77. The highest BCUT2D eigenvalue weighted by molar-refractivity contribution is 5.45. The van der Waals surface area contributed by atoms with Crippen LogP contribution in [0, 0.1) is 18.8 Å². The average molecular weight is 408 g/mol. The van der Waals surface area contributed by atoms with Crippen molar-refractivity contribution in [1.82, 2.24) is 14.3 Å². The number of aromatic nitrogens is 2. The zero-order valence-electron chi connectivity index (χ0n) is 17.6. The predicted molar refractivity (Wildman–Crippen MR) is 115 cm³/mol. The van der Waals surface area contributed by atoms with Gasteiger partial charge in [-0.15, -0.1) is 0 Å². The van der Waals surface area contributed by atoms with E-state index in [-0.39, 0.29) is 6.10 Å². The van der Waals surface area contributed by atoms with Gasteiger partial charge in [0.05, 0.1) is 31.5 Å². The molecule has 2 fully saturated rings. The summed E-state index contributed by atoms with van der Waals surface area (Å²) in [7, 11) is 1.66. The molecule has 1 aliphatic carbocycles. The quantitative estimate of drug-likeness (QED) is 0.703. The molecular weight excluding hydrogens is 378 g/mol. The van der Waals surface area contributed by atoms with Gasteiger partial charge in [-0.3, -0.25) is 4.90 Å². The molecule has 3 heterocycles. The lowest BCUT2D eigenvalue weighted by Crippen LogP contribution is -2.42. The van der Waals surface area contributed by atoms with Crippen LogP contribution in [-0.2, 0) is 6.54 Å². The molecule has 4 atom stereocenters. The van der Waals surface area contributed by atoms with Gasteiger partial charge in [0.2, 0.25) is 0 Å². The van der Waals surface area contributed by atoms with Crippen LogP contribution in [0.1, 0.15) is 24.2 Å². The lowest BCUT2D eigenvalue weighted by Gasteiger charge is -2.35. The molecule has 1 saturated heterocycles. The van der Waals surface area contributed by atoms with Crippen LogP contribution in [0.3, 0.4) is 0 Å². The highest BCUT2D eigenvalue weighted by Crippen LogP contribution is 2.39. The molecule has 1 aromatic carbocycles. The van der Waals surface area contributed by atoms with E-state index in [9.17, 15) is 5.11 Å². The van der Waals surface area contributed by atoms with Crippen LogP contribution in [0.5, 0.6) is 11.5 Å². The first-order valence-corrected chi connectivity index (χ1v) is 10.7. The Kier molecular flexibility index (Phi) is 5.13. The molecule has 0 unspecified atom stereocenters. The number of ether oxygens (including phenoxy) is 2. The molecular formula is C24H29N3O3. The van der Waals surface area contributed by atoms with Crippen molar-refractivity contribution in [3.05, 3.63) is 60.2 Å². The van der Waals surface area contributed by atoms with Gasteiger partial charge in [-0.2, -0.15) is 0 Å². The molecule has 2 aliphatic rings. The first-order chi connectivity index (χ1) is 14.6. The van der Waals surface area contributed by atoms with Crippen LogP contribution in [-0.4, -0.2) is 51.8 Å². The zero-order valence-corrected chi connectivity index (χ0v) is 17.6. The van der Waals surface area contributed by atoms with Gasteiger partial charge < -0.3 is 19.0 Å². The van der Waals surface area contributed by atoms with Crippen LogP contribution >= 0.6 is 0 Å². The van der Waals surface area contributed by atoms with E-state index in [1.165, 1.54) is 0 Å². The van der Waals surface area contributed by atoms with Crippen molar-refractivity contribution < 1.29 is 14.6 Å². The topological polar surface area (TPSA) is 59.2 Å². The monoisotopic (exact) mass is 407 g/mol. The Hall–Kier alpha value is -2.57. The van der Waals surface area contributed by atoms with Gasteiger partial charge in [-0.1, -0.05) is 6.07 Å². The van der Waals surface area contributed by atoms with Gasteiger partial charge in [-0.25, -0.2) is 4.98 Å². The number of likely N-dealkylation sites (tertiary alicyclic amines) is 1. The van der Waals surface area contributed by atoms with Gasteiger partial charge in [0.15, 0.2) is 0 Å². The SMILES string of the molecule is COc1cc(C)cc(O[C@@H]2C[C@@H]3CN(Cc4ncc5ccccn45)C[C@@H]3C[C@H]2O)c1. The van der Waals surface area contributed by atoms with Gasteiger partial charge in [0.25, 0.3) is 0 Å². The third-order valence-electron chi connectivity index (χ3n) is 6.59. The zero-order chi connectivity index (χ0) is 20.7. The number of fused-ring (bicyclic) bond motifs is 2. The Labute approximate surface area is 177 Å². The minimum atomic E-state index is -0.440. The third-order valence-corrected chi connectivity index (χ3v) is 6.59. The lowest BCUT2D eigenvalue weighted by molar-refractivity contribution is -0.0232. The van der Waals surface area contributed by atoms with E-state index in [1.54, 1.807) is 7.11 Å². The summed E-state index contributed by atoms with van der Waals surface area (Å²) >= 11 is 0. The fourth-order valence-corrected chi connectivity index (χ4v) is 5.13. The molecule has 5 rings (SSSR count). The Balaban J connectivity index is 1.25. The summed E-state index contributed by atoms with van der Waals surface area (Å²) in [5, 5.41) is 10.8. The van der Waals surface area contributed by atoms with Gasteiger partial charge in [-0.05, 0) is 61.4 Å². The van der Waals surface area contributed by atoms with E-state index in [0.717, 1.165) is 60.9 Å². The summed E-state index contributed by atoms with van der Waals surface area (Å²) < 4.78 is 13.8. The summed E-state index contributed by atoms with van der Waals surface area (Å²) in [6.45, 7) is 4.89. The van der Waals surface area contributed by atoms with Crippen LogP contribution in [0.25, 0.3) is 5.52 Å². The van der Waals surface area contributed by atoms with Crippen molar-refractivity contribution in [3.8, 4) is 11.5 Å². The van der Waals surface area contributed by atoms with Crippen LogP contribution in [0.2, 0.25) is 0 Å². The smallest absolute Gasteiger partial charge is 0.127 e. The van der Waals surface area contributed by atoms with Crippen molar-refractivity contribution >= 4 is 5.52 Å². The Morgan fingerprint density at radius 1 is 1.10 bits per heavy atom. The third kappa shape index (κ3) is 3.77. The van der Waals surface area contributed by atoms with Crippen LogP contribution in [0.15, 0.2) is 48.8 Å². The largest absolute Gasteiger partial charge is 0.497 e. The summed E-state index contributed by atoms with van der Waals surface area (Å²) in [5.41, 5.74) is 2.22.